The van der Waals surface area contributed by atoms with Gasteiger partial charge in [-0.15, -0.1) is 0 Å². The van der Waals surface area contributed by atoms with Gasteiger partial charge < -0.3 is 0 Å². The van der Waals surface area contributed by atoms with Crippen LogP contribution in [0.25, 0.3) is 0 Å². The van der Waals surface area contributed by atoms with Crippen molar-refractivity contribution in [2.24, 2.45) is 0 Å². The summed E-state index contributed by atoms with van der Waals surface area (Å²) in [7, 11) is -8.43. The lowest BCUT2D eigenvalue weighted by Gasteiger charge is -2.05. The van der Waals surface area contributed by atoms with Gasteiger partial charge in [0.1, 0.15) is 0 Å². The van der Waals surface area contributed by atoms with Crippen LogP contribution in [0.4, 0.5) is 0 Å². The second-order valence-corrected chi connectivity index (χ2v) is 4.56. The van der Waals surface area contributed by atoms with Crippen LogP contribution in [-0.2, 0) is 37.5 Å². The Balaban J connectivity index is 4.00. The average molecular weight is 264 g/mol. The van der Waals surface area contributed by atoms with Gasteiger partial charge in [-0.3, -0.25) is 0 Å². The van der Waals surface area contributed by atoms with E-state index in [1.165, 1.54) is 13.8 Å². The van der Waals surface area contributed by atoms with Crippen LogP contribution in [0.15, 0.2) is 0 Å². The maximum Gasteiger partial charge on any atom is 0.402 e. The van der Waals surface area contributed by atoms with Gasteiger partial charge in [-0.2, -0.15) is 16.8 Å². The summed E-state index contributed by atoms with van der Waals surface area (Å²) in [5, 5.41) is 0. The van der Waals surface area contributed by atoms with E-state index in [4.69, 9.17) is 0 Å². The molecule has 0 bridgehead atoms. The Labute approximate surface area is 88.7 Å². The lowest BCUT2D eigenvalue weighted by Crippen LogP contribution is -2.17. The Kier molecular flexibility index (Phi) is 6.24. The molecule has 0 aliphatic rings. The third kappa shape index (κ3) is 7.64. The van der Waals surface area contributed by atoms with Crippen molar-refractivity contribution in [3.8, 4) is 0 Å². The van der Waals surface area contributed by atoms with E-state index < -0.39 is 27.6 Å². The molecule has 0 aromatic rings. The molecule has 8 nitrogen and oxygen atoms in total. The van der Waals surface area contributed by atoms with Crippen LogP contribution in [0.1, 0.15) is 13.8 Å². The molecule has 0 radical (unpaired) electrons. The van der Waals surface area contributed by atoms with Crippen LogP contribution in [0, 0.1) is 0 Å². The fourth-order valence-electron chi connectivity index (χ4n) is 0.494. The minimum absolute atomic E-state index is 0.124. The van der Waals surface area contributed by atoms with Gasteiger partial charge in [0, 0.05) is 0 Å². The molecule has 0 rings (SSSR count). The lowest BCUT2D eigenvalue weighted by atomic mass is 10.9. The zero-order valence-electron chi connectivity index (χ0n) is 8.20. The first-order valence-electron chi connectivity index (χ1n) is 3.90. The smallest absolute Gasteiger partial charge is 0.248 e. The first kappa shape index (κ1) is 14.7. The van der Waals surface area contributed by atoms with Crippen molar-refractivity contribution in [3.63, 3.8) is 0 Å². The highest BCUT2D eigenvalue weighted by molar-refractivity contribution is 7.82. The van der Waals surface area contributed by atoms with Crippen LogP contribution in [0.2, 0.25) is 0 Å². The summed E-state index contributed by atoms with van der Waals surface area (Å²) >= 11 is 0. The molecule has 0 saturated heterocycles. The van der Waals surface area contributed by atoms with Gasteiger partial charge >= 0.3 is 20.8 Å². The lowest BCUT2D eigenvalue weighted by molar-refractivity contribution is 0.0889. The van der Waals surface area contributed by atoms with Crippen molar-refractivity contribution in [1.29, 1.82) is 0 Å². The zero-order chi connectivity index (χ0) is 11.9. The van der Waals surface area contributed by atoms with Crippen molar-refractivity contribution >= 4 is 20.8 Å². The van der Waals surface area contributed by atoms with E-state index in [0.29, 0.717) is 0 Å². The summed E-state index contributed by atoms with van der Waals surface area (Å²) in [6.45, 7) is 1.59. The summed E-state index contributed by atoms with van der Waals surface area (Å²) < 4.78 is 59.2. The summed E-state index contributed by atoms with van der Waals surface area (Å²) in [5.41, 5.74) is 0. The maximum absolute atomic E-state index is 10.7. The van der Waals surface area contributed by atoms with Crippen molar-refractivity contribution < 1.29 is 33.6 Å². The third-order valence-corrected chi connectivity index (χ3v) is 2.73. The Morgan fingerprint density at radius 3 is 1.33 bits per heavy atom. The minimum atomic E-state index is -4.21. The van der Waals surface area contributed by atoms with Crippen LogP contribution in [0.3, 0.4) is 0 Å². The molecule has 0 N–H and O–H groups in total. The van der Waals surface area contributed by atoms with Gasteiger partial charge in [-0.05, 0) is 13.8 Å². The van der Waals surface area contributed by atoms with Gasteiger partial charge in [0.2, 0.25) is 0 Å². The maximum atomic E-state index is 10.7. The molecule has 0 spiro atoms. The monoisotopic (exact) mass is 264 g/mol. The molecule has 10 heteroatoms. The van der Waals surface area contributed by atoms with Gasteiger partial charge in [-0.25, -0.2) is 16.7 Å². The molecule has 0 heterocycles. The molecular formula is C5H12O8S2. The largest absolute Gasteiger partial charge is 0.402 e. The molecule has 0 fully saturated rings. The van der Waals surface area contributed by atoms with Crippen LogP contribution < -0.4 is 0 Å². The summed E-state index contributed by atoms with van der Waals surface area (Å²) in [6, 6.07) is 0. The molecule has 0 aliphatic heterocycles. The van der Waals surface area contributed by atoms with Crippen molar-refractivity contribution in [1.82, 2.24) is 0 Å². The quantitative estimate of drug-likeness (QED) is 0.542. The first-order chi connectivity index (χ1) is 6.83. The van der Waals surface area contributed by atoms with Gasteiger partial charge in [-0.1, -0.05) is 0 Å². The normalized spacial score (nSPS) is 12.9. The van der Waals surface area contributed by atoms with E-state index in [2.05, 4.69) is 16.7 Å². The van der Waals surface area contributed by atoms with Crippen LogP contribution in [-0.4, -0.2) is 36.8 Å². The highest BCUT2D eigenvalue weighted by atomic mass is 32.3. The molecular weight excluding hydrogens is 252 g/mol. The molecule has 0 aromatic carbocycles. The van der Waals surface area contributed by atoms with Gasteiger partial charge in [0.05, 0.1) is 13.2 Å². The molecule has 0 saturated carbocycles. The van der Waals surface area contributed by atoms with Crippen molar-refractivity contribution in [3.05, 3.63) is 0 Å². The summed E-state index contributed by atoms with van der Waals surface area (Å²) in [4.78, 5) is 0. The Morgan fingerprint density at radius 1 is 0.733 bits per heavy atom. The predicted octanol–water partition coefficient (Wildman–Crippen LogP) is -0.460. The number of hydrogen-bond acceptors (Lipinski definition) is 8. The highest BCUT2D eigenvalue weighted by Crippen LogP contribution is 2.00. The second kappa shape index (κ2) is 6.35. The highest BCUT2D eigenvalue weighted by Gasteiger charge is 2.15. The van der Waals surface area contributed by atoms with Crippen molar-refractivity contribution in [2.45, 2.75) is 13.8 Å². The molecule has 15 heavy (non-hydrogen) atoms. The van der Waals surface area contributed by atoms with Crippen LogP contribution >= 0.6 is 0 Å². The Bertz CT molecular complexity index is 318. The summed E-state index contributed by atoms with van der Waals surface area (Å²) in [6.07, 6.45) is 0. The SMILES string of the molecule is CCOS(=O)(=O)OCOS(=O)(=O)OCC. The standard InChI is InChI=1S/C5H12O8S2/c1-3-10-14(6,7)12-5-13-15(8,9)11-4-2/h3-5H2,1-2H3. The van der Waals surface area contributed by atoms with Gasteiger partial charge in [0.15, 0.2) is 6.79 Å². The fraction of sp³-hybridized carbons (Fsp3) is 1.00. The minimum Gasteiger partial charge on any atom is -0.248 e. The van der Waals surface area contributed by atoms with E-state index in [1.807, 2.05) is 0 Å². The third-order valence-electron chi connectivity index (χ3n) is 0.909. The topological polar surface area (TPSA) is 105 Å². The van der Waals surface area contributed by atoms with Crippen molar-refractivity contribution in [2.75, 3.05) is 20.0 Å². The first-order valence-corrected chi connectivity index (χ1v) is 6.57. The molecule has 92 valence electrons. The van der Waals surface area contributed by atoms with E-state index in [9.17, 15) is 16.8 Å². The van der Waals surface area contributed by atoms with Gasteiger partial charge in [0.25, 0.3) is 0 Å². The average Bonchev–Trinajstić information content (AvgIpc) is 2.02. The Morgan fingerprint density at radius 2 is 1.07 bits per heavy atom. The number of rotatable bonds is 8. The van der Waals surface area contributed by atoms with Crippen LogP contribution in [0.5, 0.6) is 0 Å². The summed E-state index contributed by atoms with van der Waals surface area (Å²) in [5.74, 6) is 0. The van der Waals surface area contributed by atoms with E-state index in [-0.39, 0.29) is 13.2 Å². The Hall–Kier alpha value is -0.260. The van der Waals surface area contributed by atoms with E-state index in [1.54, 1.807) is 0 Å². The molecule has 0 atom stereocenters. The molecule has 0 amide bonds. The zero-order valence-corrected chi connectivity index (χ0v) is 9.84. The second-order valence-electron chi connectivity index (χ2n) is 1.98. The van der Waals surface area contributed by atoms with E-state index >= 15 is 0 Å². The molecule has 0 unspecified atom stereocenters. The fourth-order valence-corrected chi connectivity index (χ4v) is 1.60. The molecule has 0 aromatic heterocycles. The number of hydrogen-bond donors (Lipinski definition) is 0. The predicted molar refractivity (Wildman–Crippen MR) is 48.1 cm³/mol. The van der Waals surface area contributed by atoms with E-state index in [0.717, 1.165) is 0 Å². The molecule has 0 aliphatic carbocycles.